The van der Waals surface area contributed by atoms with Crippen LogP contribution in [0.1, 0.15) is 37.8 Å². The zero-order valence-corrected chi connectivity index (χ0v) is 17.0. The van der Waals surface area contributed by atoms with Crippen LogP contribution in [0, 0.1) is 0 Å². The summed E-state index contributed by atoms with van der Waals surface area (Å²) in [5, 5.41) is 6.25. The van der Waals surface area contributed by atoms with Gasteiger partial charge in [0.1, 0.15) is 0 Å². The lowest BCUT2D eigenvalue weighted by molar-refractivity contribution is -0.135. The van der Waals surface area contributed by atoms with E-state index in [9.17, 15) is 13.2 Å². The number of hydrogen-bond donors (Lipinski definition) is 2. The topological polar surface area (TPSA) is 36.4 Å². The predicted octanol–water partition coefficient (Wildman–Crippen LogP) is 5.03. The van der Waals surface area contributed by atoms with Crippen molar-refractivity contribution in [3.8, 4) is 0 Å². The summed E-state index contributed by atoms with van der Waals surface area (Å²) in [6, 6.07) is 7.87. The first-order valence-corrected chi connectivity index (χ1v) is 7.91. The zero-order valence-electron chi connectivity index (χ0n) is 13.1. The Kier molecular flexibility index (Phi) is 10.9. The first-order valence-electron chi connectivity index (χ1n) is 7.12. The summed E-state index contributed by atoms with van der Waals surface area (Å²) in [6.07, 6.45) is -4.25. The molecule has 2 N–H and O–H groups in total. The van der Waals surface area contributed by atoms with Crippen LogP contribution < -0.4 is 10.6 Å². The molecule has 0 radical (unpaired) electrons. The number of alkyl halides is 3. The molecule has 0 bridgehead atoms. The van der Waals surface area contributed by atoms with Crippen molar-refractivity contribution in [2.45, 2.75) is 38.4 Å². The van der Waals surface area contributed by atoms with Crippen LogP contribution in [0.5, 0.6) is 0 Å². The molecule has 132 valence electrons. The van der Waals surface area contributed by atoms with Crippen molar-refractivity contribution in [3.63, 3.8) is 0 Å². The molecule has 0 aliphatic carbocycles. The number of rotatable bonds is 6. The van der Waals surface area contributed by atoms with Gasteiger partial charge in [-0.25, -0.2) is 0 Å². The molecule has 0 aliphatic heterocycles. The van der Waals surface area contributed by atoms with Crippen LogP contribution in [0.15, 0.2) is 33.7 Å². The standard InChI is InChI=1S/C15H21BrF3N3.HI/c1-11(12-7-3-4-8-13(12)16)22-14(20-2)21-10-6-5-9-15(17,18)19;/h3-4,7-8,11H,5-6,9-10H2,1-2H3,(H2,20,21,22);1H. The number of unbranched alkanes of at least 4 members (excludes halogenated alkanes) is 1. The second-order valence-electron chi connectivity index (χ2n) is 4.96. The fourth-order valence-corrected chi connectivity index (χ4v) is 2.59. The van der Waals surface area contributed by atoms with Crippen LogP contribution in [-0.2, 0) is 0 Å². The molecule has 1 rings (SSSR count). The van der Waals surface area contributed by atoms with Gasteiger partial charge in [-0.15, -0.1) is 24.0 Å². The van der Waals surface area contributed by atoms with E-state index in [2.05, 4.69) is 31.6 Å². The lowest BCUT2D eigenvalue weighted by atomic mass is 10.1. The van der Waals surface area contributed by atoms with Gasteiger partial charge in [-0.1, -0.05) is 34.1 Å². The first-order chi connectivity index (χ1) is 10.3. The molecule has 0 heterocycles. The van der Waals surface area contributed by atoms with Gasteiger partial charge in [0.15, 0.2) is 5.96 Å². The smallest absolute Gasteiger partial charge is 0.356 e. The van der Waals surface area contributed by atoms with Crippen LogP contribution in [0.4, 0.5) is 13.2 Å². The van der Waals surface area contributed by atoms with Crippen molar-refractivity contribution < 1.29 is 13.2 Å². The third kappa shape index (κ3) is 9.39. The summed E-state index contributed by atoms with van der Waals surface area (Å²) in [7, 11) is 1.64. The number of aliphatic imine (C=N–C) groups is 1. The second-order valence-corrected chi connectivity index (χ2v) is 5.81. The van der Waals surface area contributed by atoms with Gasteiger partial charge < -0.3 is 10.6 Å². The van der Waals surface area contributed by atoms with Gasteiger partial charge in [-0.3, -0.25) is 4.99 Å². The molecule has 1 aromatic rings. The van der Waals surface area contributed by atoms with Gasteiger partial charge in [0.25, 0.3) is 0 Å². The van der Waals surface area contributed by atoms with Crippen molar-refractivity contribution in [2.24, 2.45) is 4.99 Å². The van der Waals surface area contributed by atoms with Gasteiger partial charge >= 0.3 is 6.18 Å². The highest BCUT2D eigenvalue weighted by molar-refractivity contribution is 14.0. The normalized spacial score (nSPS) is 13.2. The maximum absolute atomic E-state index is 12.0. The third-order valence-corrected chi connectivity index (χ3v) is 3.85. The SMILES string of the molecule is CN=C(NCCCCC(F)(F)F)NC(C)c1ccccc1Br.I. The number of nitrogens with one attached hydrogen (secondary N) is 2. The van der Waals surface area contributed by atoms with E-state index in [4.69, 9.17) is 0 Å². The van der Waals surface area contributed by atoms with Crippen LogP contribution in [-0.4, -0.2) is 25.7 Å². The van der Waals surface area contributed by atoms with Gasteiger partial charge in [-0.05, 0) is 31.4 Å². The Balaban J connectivity index is 0.00000484. The maximum Gasteiger partial charge on any atom is 0.389 e. The molecule has 0 spiro atoms. The highest BCUT2D eigenvalue weighted by atomic mass is 127. The molecule has 8 heteroatoms. The van der Waals surface area contributed by atoms with E-state index in [0.29, 0.717) is 18.9 Å². The number of benzene rings is 1. The van der Waals surface area contributed by atoms with Gasteiger partial charge in [-0.2, -0.15) is 13.2 Å². The van der Waals surface area contributed by atoms with Crippen molar-refractivity contribution >= 4 is 45.9 Å². The molecular weight excluding hydrogens is 486 g/mol. The molecule has 1 unspecified atom stereocenters. The molecular formula is C15H22BrF3IN3. The minimum absolute atomic E-state index is 0. The fourth-order valence-electron chi connectivity index (χ4n) is 1.96. The van der Waals surface area contributed by atoms with Crippen LogP contribution >= 0.6 is 39.9 Å². The largest absolute Gasteiger partial charge is 0.389 e. The molecule has 23 heavy (non-hydrogen) atoms. The van der Waals surface area contributed by atoms with E-state index < -0.39 is 12.6 Å². The molecule has 0 aliphatic rings. The molecule has 0 aromatic heterocycles. The van der Waals surface area contributed by atoms with E-state index in [1.165, 1.54) is 0 Å². The van der Waals surface area contributed by atoms with E-state index >= 15 is 0 Å². The Bertz CT molecular complexity index is 495. The highest BCUT2D eigenvalue weighted by Crippen LogP contribution is 2.23. The van der Waals surface area contributed by atoms with Crippen LogP contribution in [0.2, 0.25) is 0 Å². The lowest BCUT2D eigenvalue weighted by Crippen LogP contribution is -2.39. The van der Waals surface area contributed by atoms with Crippen molar-refractivity contribution in [2.75, 3.05) is 13.6 Å². The van der Waals surface area contributed by atoms with Gasteiger partial charge in [0, 0.05) is 24.5 Å². The maximum atomic E-state index is 12.0. The molecule has 0 saturated carbocycles. The van der Waals surface area contributed by atoms with Crippen molar-refractivity contribution in [1.82, 2.24) is 10.6 Å². The van der Waals surface area contributed by atoms with Crippen molar-refractivity contribution in [3.05, 3.63) is 34.3 Å². The average Bonchev–Trinajstić information content (AvgIpc) is 2.44. The summed E-state index contributed by atoms with van der Waals surface area (Å²) in [5.41, 5.74) is 1.09. The highest BCUT2D eigenvalue weighted by Gasteiger charge is 2.25. The monoisotopic (exact) mass is 507 g/mol. The molecule has 0 amide bonds. The number of halogens is 5. The minimum Gasteiger partial charge on any atom is -0.356 e. The predicted molar refractivity (Wildman–Crippen MR) is 102 cm³/mol. The van der Waals surface area contributed by atoms with Crippen molar-refractivity contribution in [1.29, 1.82) is 0 Å². The number of guanidine groups is 1. The Morgan fingerprint density at radius 3 is 2.48 bits per heavy atom. The summed E-state index contributed by atoms with van der Waals surface area (Å²) in [6.45, 7) is 2.45. The zero-order chi connectivity index (χ0) is 16.6. The lowest BCUT2D eigenvalue weighted by Gasteiger charge is -2.19. The Morgan fingerprint density at radius 1 is 1.26 bits per heavy atom. The minimum atomic E-state index is -4.08. The molecule has 1 aromatic carbocycles. The Morgan fingerprint density at radius 2 is 1.91 bits per heavy atom. The number of hydrogen-bond acceptors (Lipinski definition) is 1. The molecule has 0 fully saturated rings. The van der Waals surface area contributed by atoms with E-state index in [1.54, 1.807) is 7.05 Å². The quantitative estimate of drug-likeness (QED) is 0.245. The first kappa shape index (κ1) is 22.5. The summed E-state index contributed by atoms with van der Waals surface area (Å²) in [5.74, 6) is 0.579. The summed E-state index contributed by atoms with van der Waals surface area (Å²) < 4.78 is 37.1. The molecule has 3 nitrogen and oxygen atoms in total. The van der Waals surface area contributed by atoms with E-state index in [1.807, 2.05) is 31.2 Å². The molecule has 0 saturated heterocycles. The van der Waals surface area contributed by atoms with E-state index in [-0.39, 0.29) is 36.4 Å². The van der Waals surface area contributed by atoms with E-state index in [0.717, 1.165) is 10.0 Å². The van der Waals surface area contributed by atoms with Gasteiger partial charge in [0.05, 0.1) is 6.04 Å². The molecule has 1 atom stereocenters. The second kappa shape index (κ2) is 11.1. The fraction of sp³-hybridized carbons (Fsp3) is 0.533. The Hall–Kier alpha value is -0.510. The van der Waals surface area contributed by atoms with Crippen LogP contribution in [0.3, 0.4) is 0 Å². The Labute approximate surface area is 160 Å². The summed E-state index contributed by atoms with van der Waals surface area (Å²) in [4.78, 5) is 4.09. The third-order valence-electron chi connectivity index (χ3n) is 3.13. The average molecular weight is 508 g/mol. The number of nitrogens with zero attached hydrogens (tertiary/aromatic N) is 1. The van der Waals surface area contributed by atoms with Crippen LogP contribution in [0.25, 0.3) is 0 Å². The van der Waals surface area contributed by atoms with Gasteiger partial charge in [0.2, 0.25) is 0 Å². The summed E-state index contributed by atoms with van der Waals surface area (Å²) >= 11 is 3.49.